The lowest BCUT2D eigenvalue weighted by Crippen LogP contribution is -2.22. The van der Waals surface area contributed by atoms with Gasteiger partial charge in [0.25, 0.3) is 0 Å². The summed E-state index contributed by atoms with van der Waals surface area (Å²) >= 11 is 0. The molecule has 0 spiro atoms. The van der Waals surface area contributed by atoms with Gasteiger partial charge in [-0.05, 0) is 32.8 Å². The minimum atomic E-state index is -0.388. The summed E-state index contributed by atoms with van der Waals surface area (Å²) in [5.74, 6) is 1.96. The highest BCUT2D eigenvalue weighted by Gasteiger charge is 2.31. The maximum Gasteiger partial charge on any atom is 0.342 e. The SMILES string of the molecule is CCOC(=O)c1c(C)oc2nc(C)nc(N3CC[C@H](c4ccccc4)C3)c12. The second-order valence-electron chi connectivity index (χ2n) is 6.87. The zero-order chi connectivity index (χ0) is 19.0. The van der Waals surface area contributed by atoms with E-state index in [-0.39, 0.29) is 5.97 Å². The molecule has 1 saturated heterocycles. The Bertz CT molecular complexity index is 981. The molecule has 2 aromatic heterocycles. The van der Waals surface area contributed by atoms with Crippen molar-refractivity contribution >= 4 is 22.9 Å². The van der Waals surface area contributed by atoms with Gasteiger partial charge in [-0.2, -0.15) is 4.98 Å². The van der Waals surface area contributed by atoms with Crippen LogP contribution in [-0.2, 0) is 4.74 Å². The molecule has 6 nitrogen and oxygen atoms in total. The molecule has 1 atom stereocenters. The van der Waals surface area contributed by atoms with Crippen LogP contribution in [0.1, 0.15) is 46.8 Å². The van der Waals surface area contributed by atoms with E-state index in [0.717, 1.165) is 25.3 Å². The number of esters is 1. The van der Waals surface area contributed by atoms with Gasteiger partial charge in [-0.1, -0.05) is 30.3 Å². The second kappa shape index (κ2) is 7.02. The number of benzene rings is 1. The average molecular weight is 365 g/mol. The lowest BCUT2D eigenvalue weighted by Gasteiger charge is -2.19. The summed E-state index contributed by atoms with van der Waals surface area (Å²) in [5, 5.41) is 0.658. The van der Waals surface area contributed by atoms with Gasteiger partial charge in [0.1, 0.15) is 23.0 Å². The molecule has 0 aliphatic carbocycles. The molecule has 1 aromatic carbocycles. The van der Waals surface area contributed by atoms with Gasteiger partial charge < -0.3 is 14.1 Å². The molecule has 1 aliphatic heterocycles. The van der Waals surface area contributed by atoms with Crippen molar-refractivity contribution < 1.29 is 13.9 Å². The topological polar surface area (TPSA) is 68.5 Å². The highest BCUT2D eigenvalue weighted by Crippen LogP contribution is 2.36. The molecule has 0 saturated carbocycles. The summed E-state index contributed by atoms with van der Waals surface area (Å²) in [6.07, 6.45) is 1.04. The first kappa shape index (κ1) is 17.5. The molecule has 0 amide bonds. The quantitative estimate of drug-likeness (QED) is 0.651. The second-order valence-corrected chi connectivity index (χ2v) is 6.87. The molecule has 1 fully saturated rings. The summed E-state index contributed by atoms with van der Waals surface area (Å²) in [6.45, 7) is 7.44. The number of anilines is 1. The van der Waals surface area contributed by atoms with E-state index in [1.807, 2.05) is 13.0 Å². The van der Waals surface area contributed by atoms with Gasteiger partial charge in [-0.15, -0.1) is 0 Å². The zero-order valence-electron chi connectivity index (χ0n) is 15.9. The van der Waals surface area contributed by atoms with Crippen LogP contribution in [0.3, 0.4) is 0 Å². The molecule has 0 N–H and O–H groups in total. The normalized spacial score (nSPS) is 16.9. The fourth-order valence-electron chi connectivity index (χ4n) is 3.83. The van der Waals surface area contributed by atoms with Crippen molar-refractivity contribution in [2.24, 2.45) is 0 Å². The number of nitrogens with zero attached hydrogens (tertiary/aromatic N) is 3. The van der Waals surface area contributed by atoms with E-state index >= 15 is 0 Å². The van der Waals surface area contributed by atoms with E-state index in [2.05, 4.69) is 39.1 Å². The molecule has 140 valence electrons. The fourth-order valence-corrected chi connectivity index (χ4v) is 3.83. The molecule has 0 unspecified atom stereocenters. The van der Waals surface area contributed by atoms with Crippen molar-refractivity contribution in [1.82, 2.24) is 9.97 Å². The highest BCUT2D eigenvalue weighted by atomic mass is 16.5. The Hall–Kier alpha value is -2.89. The molecule has 6 heteroatoms. The minimum absolute atomic E-state index is 0.312. The first-order valence-corrected chi connectivity index (χ1v) is 9.33. The Kier molecular flexibility index (Phi) is 4.56. The number of hydrogen-bond donors (Lipinski definition) is 0. The van der Waals surface area contributed by atoms with E-state index < -0.39 is 0 Å². The van der Waals surface area contributed by atoms with Crippen LogP contribution in [-0.4, -0.2) is 35.6 Å². The third kappa shape index (κ3) is 3.16. The fraction of sp³-hybridized carbons (Fsp3) is 0.381. The summed E-state index contributed by atoms with van der Waals surface area (Å²) in [4.78, 5) is 23.8. The van der Waals surface area contributed by atoms with E-state index in [9.17, 15) is 4.79 Å². The Balaban J connectivity index is 1.76. The van der Waals surface area contributed by atoms with E-state index in [1.165, 1.54) is 5.56 Å². The lowest BCUT2D eigenvalue weighted by atomic mass is 9.99. The zero-order valence-corrected chi connectivity index (χ0v) is 15.9. The molecule has 1 aliphatic rings. The molecule has 3 heterocycles. The van der Waals surface area contributed by atoms with Crippen molar-refractivity contribution in [1.29, 1.82) is 0 Å². The lowest BCUT2D eigenvalue weighted by molar-refractivity contribution is 0.0526. The number of aryl methyl sites for hydroxylation is 2. The number of ether oxygens (including phenoxy) is 1. The van der Waals surface area contributed by atoms with Crippen LogP contribution in [0.2, 0.25) is 0 Å². The van der Waals surface area contributed by atoms with Crippen molar-refractivity contribution in [3.63, 3.8) is 0 Å². The van der Waals surface area contributed by atoms with Gasteiger partial charge in [0.2, 0.25) is 5.71 Å². The highest BCUT2D eigenvalue weighted by molar-refractivity contribution is 6.08. The van der Waals surface area contributed by atoms with Crippen LogP contribution in [0.25, 0.3) is 11.1 Å². The molecular weight excluding hydrogens is 342 g/mol. The van der Waals surface area contributed by atoms with Gasteiger partial charge in [0.05, 0.1) is 12.0 Å². The molecule has 0 radical (unpaired) electrons. The largest absolute Gasteiger partial charge is 0.462 e. The summed E-state index contributed by atoms with van der Waals surface area (Å²) in [5.41, 5.74) is 2.21. The number of carbonyl (C=O) groups is 1. The maximum atomic E-state index is 12.5. The summed E-state index contributed by atoms with van der Waals surface area (Å²) in [6, 6.07) is 10.5. The van der Waals surface area contributed by atoms with Crippen LogP contribution in [0.15, 0.2) is 34.7 Å². The Morgan fingerprint density at radius 1 is 1.26 bits per heavy atom. The molecular formula is C21H23N3O3. The Morgan fingerprint density at radius 3 is 2.78 bits per heavy atom. The van der Waals surface area contributed by atoms with Crippen LogP contribution in [0, 0.1) is 13.8 Å². The van der Waals surface area contributed by atoms with E-state index in [1.54, 1.807) is 13.8 Å². The number of aromatic nitrogens is 2. The molecule has 27 heavy (non-hydrogen) atoms. The van der Waals surface area contributed by atoms with Crippen molar-refractivity contribution in [2.75, 3.05) is 24.6 Å². The van der Waals surface area contributed by atoms with Crippen molar-refractivity contribution in [2.45, 2.75) is 33.1 Å². The van der Waals surface area contributed by atoms with Crippen LogP contribution < -0.4 is 4.90 Å². The standard InChI is InChI=1S/C21H23N3O3/c1-4-26-21(25)17-13(2)27-20-18(17)19(22-14(3)23-20)24-11-10-16(12-24)15-8-6-5-7-9-15/h5-9,16H,4,10-12H2,1-3H3/t16-/m0/s1. The number of rotatable bonds is 4. The summed E-state index contributed by atoms with van der Waals surface area (Å²) in [7, 11) is 0. The van der Waals surface area contributed by atoms with Crippen molar-refractivity contribution in [3.05, 3.63) is 53.0 Å². The van der Waals surface area contributed by atoms with Crippen LogP contribution in [0.5, 0.6) is 0 Å². The maximum absolute atomic E-state index is 12.5. The first-order chi connectivity index (χ1) is 13.1. The number of carbonyl (C=O) groups excluding carboxylic acids is 1. The monoisotopic (exact) mass is 365 g/mol. The van der Waals surface area contributed by atoms with Crippen LogP contribution >= 0.6 is 0 Å². The number of furan rings is 1. The van der Waals surface area contributed by atoms with Gasteiger partial charge in [-0.25, -0.2) is 9.78 Å². The number of hydrogen-bond acceptors (Lipinski definition) is 6. The average Bonchev–Trinajstić information content (AvgIpc) is 3.26. The number of fused-ring (bicyclic) bond motifs is 1. The predicted octanol–water partition coefficient (Wildman–Crippen LogP) is 4.01. The van der Waals surface area contributed by atoms with E-state index in [0.29, 0.717) is 40.8 Å². The summed E-state index contributed by atoms with van der Waals surface area (Å²) < 4.78 is 11.0. The van der Waals surface area contributed by atoms with Crippen molar-refractivity contribution in [3.8, 4) is 0 Å². The van der Waals surface area contributed by atoms with Gasteiger partial charge in [-0.3, -0.25) is 0 Å². The molecule has 4 rings (SSSR count). The molecule has 3 aromatic rings. The third-order valence-corrected chi connectivity index (χ3v) is 5.06. The third-order valence-electron chi connectivity index (χ3n) is 5.06. The van der Waals surface area contributed by atoms with Crippen LogP contribution in [0.4, 0.5) is 5.82 Å². The van der Waals surface area contributed by atoms with Gasteiger partial charge >= 0.3 is 5.97 Å². The van der Waals surface area contributed by atoms with Gasteiger partial charge in [0.15, 0.2) is 0 Å². The minimum Gasteiger partial charge on any atom is -0.462 e. The van der Waals surface area contributed by atoms with E-state index in [4.69, 9.17) is 9.15 Å². The molecule has 0 bridgehead atoms. The predicted molar refractivity (Wildman–Crippen MR) is 103 cm³/mol. The first-order valence-electron chi connectivity index (χ1n) is 9.33. The Morgan fingerprint density at radius 2 is 2.04 bits per heavy atom. The smallest absolute Gasteiger partial charge is 0.342 e. The Labute approximate surface area is 158 Å². The van der Waals surface area contributed by atoms with Gasteiger partial charge in [0, 0.05) is 19.0 Å².